The maximum Gasteiger partial charge on any atom is 0.261 e. The topological polar surface area (TPSA) is 96.0 Å². The Kier molecular flexibility index (Phi) is 8.03. The van der Waals surface area contributed by atoms with Gasteiger partial charge in [-0.25, -0.2) is 0 Å². The van der Waals surface area contributed by atoms with Crippen LogP contribution in [-0.2, 0) is 16.1 Å². The Morgan fingerprint density at radius 2 is 1.72 bits per heavy atom. The SMILES string of the molecule is COc1cccc(CN(C(=O)CCCN2C(=O)c3ccccc3C2=O)C(C)C(=O)NC2CCCC2)c1. The van der Waals surface area contributed by atoms with Gasteiger partial charge in [-0.15, -0.1) is 0 Å². The molecule has 0 aromatic heterocycles. The van der Waals surface area contributed by atoms with Gasteiger partial charge in [0, 0.05) is 25.6 Å². The van der Waals surface area contributed by atoms with Crippen molar-refractivity contribution in [2.75, 3.05) is 13.7 Å². The molecule has 36 heavy (non-hydrogen) atoms. The molecule has 1 fully saturated rings. The van der Waals surface area contributed by atoms with Crippen molar-refractivity contribution >= 4 is 23.6 Å². The number of hydrogen-bond acceptors (Lipinski definition) is 5. The van der Waals surface area contributed by atoms with Gasteiger partial charge >= 0.3 is 0 Å². The van der Waals surface area contributed by atoms with E-state index in [-0.39, 0.29) is 49.2 Å². The molecule has 1 N–H and O–H groups in total. The molecule has 4 rings (SSSR count). The van der Waals surface area contributed by atoms with Crippen LogP contribution in [0, 0.1) is 0 Å². The zero-order valence-electron chi connectivity index (χ0n) is 20.9. The van der Waals surface area contributed by atoms with Crippen molar-refractivity contribution in [2.24, 2.45) is 0 Å². The van der Waals surface area contributed by atoms with E-state index < -0.39 is 6.04 Å². The Hall–Kier alpha value is -3.68. The summed E-state index contributed by atoms with van der Waals surface area (Å²) >= 11 is 0. The highest BCUT2D eigenvalue weighted by atomic mass is 16.5. The first kappa shape index (κ1) is 25.4. The lowest BCUT2D eigenvalue weighted by Gasteiger charge is -2.30. The lowest BCUT2D eigenvalue weighted by Crippen LogP contribution is -2.49. The number of hydrogen-bond donors (Lipinski definition) is 1. The fraction of sp³-hybridized carbons (Fsp3) is 0.429. The highest BCUT2D eigenvalue weighted by Crippen LogP contribution is 2.23. The first-order valence-corrected chi connectivity index (χ1v) is 12.6. The van der Waals surface area contributed by atoms with E-state index in [0.29, 0.717) is 23.3 Å². The molecule has 2 aliphatic rings. The van der Waals surface area contributed by atoms with E-state index in [9.17, 15) is 19.2 Å². The molecule has 8 nitrogen and oxygen atoms in total. The molecule has 190 valence electrons. The monoisotopic (exact) mass is 491 g/mol. The van der Waals surface area contributed by atoms with Crippen LogP contribution in [0.15, 0.2) is 48.5 Å². The molecule has 1 aliphatic heterocycles. The van der Waals surface area contributed by atoms with Gasteiger partial charge in [0.2, 0.25) is 11.8 Å². The van der Waals surface area contributed by atoms with Gasteiger partial charge in [0.15, 0.2) is 0 Å². The number of ether oxygens (including phenoxy) is 1. The number of nitrogens with zero attached hydrogens (tertiary/aromatic N) is 2. The van der Waals surface area contributed by atoms with Crippen LogP contribution in [0.1, 0.15) is 71.7 Å². The van der Waals surface area contributed by atoms with Crippen LogP contribution in [0.25, 0.3) is 0 Å². The summed E-state index contributed by atoms with van der Waals surface area (Å²) in [5, 5.41) is 3.09. The maximum atomic E-state index is 13.4. The first-order chi connectivity index (χ1) is 17.4. The smallest absolute Gasteiger partial charge is 0.261 e. The lowest BCUT2D eigenvalue weighted by atomic mass is 10.1. The lowest BCUT2D eigenvalue weighted by molar-refractivity contribution is -0.141. The molecule has 0 bridgehead atoms. The highest BCUT2D eigenvalue weighted by Gasteiger charge is 2.35. The van der Waals surface area contributed by atoms with E-state index in [1.165, 1.54) is 4.90 Å². The summed E-state index contributed by atoms with van der Waals surface area (Å²) in [6.45, 7) is 2.14. The number of carbonyl (C=O) groups is 4. The van der Waals surface area contributed by atoms with Crippen molar-refractivity contribution < 1.29 is 23.9 Å². The molecule has 1 atom stereocenters. The third kappa shape index (κ3) is 5.58. The Labute approximate surface area is 211 Å². The largest absolute Gasteiger partial charge is 0.497 e. The standard InChI is InChI=1S/C28H33N3O5/c1-19(26(33)29-21-10-3-4-11-21)31(18-20-9-7-12-22(17-20)36-2)25(32)15-8-16-30-27(34)23-13-5-6-14-24(23)28(30)35/h5-7,9,12-14,17,19,21H,3-4,8,10-11,15-16,18H2,1-2H3,(H,29,33). The summed E-state index contributed by atoms with van der Waals surface area (Å²) in [7, 11) is 1.58. The predicted molar refractivity (Wildman–Crippen MR) is 134 cm³/mol. The van der Waals surface area contributed by atoms with Crippen LogP contribution in [0.4, 0.5) is 0 Å². The second-order valence-electron chi connectivity index (χ2n) is 9.45. The van der Waals surface area contributed by atoms with Gasteiger partial charge in [0.05, 0.1) is 18.2 Å². The minimum Gasteiger partial charge on any atom is -0.497 e. The fourth-order valence-electron chi connectivity index (χ4n) is 4.92. The number of imide groups is 1. The Balaban J connectivity index is 1.42. The summed E-state index contributed by atoms with van der Waals surface area (Å²) in [6, 6.07) is 13.6. The molecule has 0 saturated heterocycles. The molecule has 0 spiro atoms. The third-order valence-electron chi connectivity index (χ3n) is 7.01. The van der Waals surface area contributed by atoms with Crippen molar-refractivity contribution in [3.8, 4) is 5.75 Å². The second-order valence-corrected chi connectivity index (χ2v) is 9.45. The van der Waals surface area contributed by atoms with Crippen LogP contribution in [0.2, 0.25) is 0 Å². The molecule has 1 saturated carbocycles. The Bertz CT molecular complexity index is 1110. The van der Waals surface area contributed by atoms with E-state index in [1.807, 2.05) is 24.3 Å². The summed E-state index contributed by atoms with van der Waals surface area (Å²) < 4.78 is 5.31. The van der Waals surface area contributed by atoms with Gasteiger partial charge in [0.1, 0.15) is 11.8 Å². The number of amides is 4. The zero-order chi connectivity index (χ0) is 25.7. The van der Waals surface area contributed by atoms with Crippen molar-refractivity contribution in [3.63, 3.8) is 0 Å². The minimum atomic E-state index is -0.663. The molecular weight excluding hydrogens is 458 g/mol. The van der Waals surface area contributed by atoms with Crippen molar-refractivity contribution in [1.82, 2.24) is 15.1 Å². The summed E-state index contributed by atoms with van der Waals surface area (Å²) in [5.74, 6) is -0.364. The van der Waals surface area contributed by atoms with Gasteiger partial charge in [-0.1, -0.05) is 37.1 Å². The summed E-state index contributed by atoms with van der Waals surface area (Å²) in [4.78, 5) is 54.4. The van der Waals surface area contributed by atoms with Crippen LogP contribution in [-0.4, -0.2) is 59.2 Å². The van der Waals surface area contributed by atoms with E-state index in [2.05, 4.69) is 5.32 Å². The van der Waals surface area contributed by atoms with Crippen LogP contribution >= 0.6 is 0 Å². The van der Waals surface area contributed by atoms with Gasteiger partial charge < -0.3 is 15.0 Å². The van der Waals surface area contributed by atoms with Crippen molar-refractivity contribution in [2.45, 2.75) is 64.1 Å². The molecule has 1 unspecified atom stereocenters. The quantitative estimate of drug-likeness (QED) is 0.513. The second kappa shape index (κ2) is 11.4. The van der Waals surface area contributed by atoms with E-state index in [4.69, 9.17) is 4.74 Å². The number of rotatable bonds is 10. The predicted octanol–water partition coefficient (Wildman–Crippen LogP) is 3.55. The van der Waals surface area contributed by atoms with Crippen LogP contribution in [0.3, 0.4) is 0 Å². The Morgan fingerprint density at radius 1 is 1.06 bits per heavy atom. The van der Waals surface area contributed by atoms with Gasteiger partial charge in [-0.05, 0) is 56.0 Å². The molecular formula is C28H33N3O5. The third-order valence-corrected chi connectivity index (χ3v) is 7.01. The number of carbonyl (C=O) groups excluding carboxylic acids is 4. The van der Waals surface area contributed by atoms with Crippen molar-refractivity contribution in [1.29, 1.82) is 0 Å². The maximum absolute atomic E-state index is 13.4. The molecule has 1 heterocycles. The molecule has 4 amide bonds. The fourth-order valence-corrected chi connectivity index (χ4v) is 4.92. The average molecular weight is 492 g/mol. The molecule has 2 aromatic rings. The normalized spacial score (nSPS) is 16.1. The zero-order valence-corrected chi connectivity index (χ0v) is 20.9. The number of fused-ring (bicyclic) bond motifs is 1. The summed E-state index contributed by atoms with van der Waals surface area (Å²) in [6.07, 6.45) is 4.55. The van der Waals surface area contributed by atoms with Crippen LogP contribution < -0.4 is 10.1 Å². The summed E-state index contributed by atoms with van der Waals surface area (Å²) in [5.41, 5.74) is 1.64. The van der Waals surface area contributed by atoms with Gasteiger partial charge in [-0.3, -0.25) is 24.1 Å². The molecule has 8 heteroatoms. The minimum absolute atomic E-state index is 0.110. The van der Waals surface area contributed by atoms with Gasteiger partial charge in [-0.2, -0.15) is 0 Å². The molecule has 1 aliphatic carbocycles. The average Bonchev–Trinajstić information content (AvgIpc) is 3.49. The number of benzene rings is 2. The van der Waals surface area contributed by atoms with Crippen molar-refractivity contribution in [3.05, 3.63) is 65.2 Å². The number of nitrogens with one attached hydrogen (secondary N) is 1. The van der Waals surface area contributed by atoms with Gasteiger partial charge in [0.25, 0.3) is 11.8 Å². The number of methoxy groups -OCH3 is 1. The van der Waals surface area contributed by atoms with E-state index >= 15 is 0 Å². The molecule has 2 aromatic carbocycles. The Morgan fingerprint density at radius 3 is 2.36 bits per heavy atom. The highest BCUT2D eigenvalue weighted by molar-refractivity contribution is 6.21. The van der Waals surface area contributed by atoms with Crippen LogP contribution in [0.5, 0.6) is 5.75 Å². The van der Waals surface area contributed by atoms with E-state index in [0.717, 1.165) is 31.2 Å². The van der Waals surface area contributed by atoms with E-state index in [1.54, 1.807) is 43.2 Å². The molecule has 0 radical (unpaired) electrons. The first-order valence-electron chi connectivity index (χ1n) is 12.6.